The average molecular weight is 665 g/mol. The van der Waals surface area contributed by atoms with Crippen molar-refractivity contribution in [3.8, 4) is 34.0 Å². The number of hydrogen-bond acceptors (Lipinski definition) is 1. The first-order valence-electron chi connectivity index (χ1n) is 17.0. The second kappa shape index (κ2) is 10.8. The van der Waals surface area contributed by atoms with Gasteiger partial charge in [-0.2, -0.15) is 18.4 Å². The molecule has 0 radical (unpaired) electrons. The quantitative estimate of drug-likeness (QED) is 0.185. The molecule has 7 aromatic carbocycles. The fourth-order valence-corrected chi connectivity index (χ4v) is 8.73. The van der Waals surface area contributed by atoms with E-state index in [0.29, 0.717) is 11.0 Å². The van der Waals surface area contributed by atoms with Crippen LogP contribution < -0.4 is 0 Å². The largest absolute Gasteiger partial charge is 0.418 e. The monoisotopic (exact) mass is 664 g/mol. The number of alkyl halides is 3. The van der Waals surface area contributed by atoms with E-state index >= 15 is 0 Å². The summed E-state index contributed by atoms with van der Waals surface area (Å²) >= 11 is 0. The highest BCUT2D eigenvalue weighted by molar-refractivity contribution is 6.10. The van der Waals surface area contributed by atoms with Crippen LogP contribution in [0.5, 0.6) is 0 Å². The summed E-state index contributed by atoms with van der Waals surface area (Å²) in [5.41, 5.74) is 12.3. The topological polar surface area (TPSA) is 28.7 Å². The third kappa shape index (κ3) is 4.30. The van der Waals surface area contributed by atoms with Crippen LogP contribution in [0.4, 0.5) is 13.2 Å². The van der Waals surface area contributed by atoms with Gasteiger partial charge in [0.2, 0.25) is 0 Å². The van der Waals surface area contributed by atoms with E-state index in [2.05, 4.69) is 121 Å². The van der Waals surface area contributed by atoms with Crippen molar-refractivity contribution in [3.05, 3.63) is 196 Å². The second-order valence-corrected chi connectivity index (χ2v) is 13.4. The lowest BCUT2D eigenvalue weighted by atomic mass is 9.87. The maximum atomic E-state index is 14.7. The number of halogens is 3. The molecule has 0 spiro atoms. The summed E-state index contributed by atoms with van der Waals surface area (Å²) < 4.78 is 45.9. The van der Waals surface area contributed by atoms with Crippen LogP contribution in [0.25, 0.3) is 49.7 Å². The van der Waals surface area contributed by atoms with Gasteiger partial charge in [0.1, 0.15) is 0 Å². The summed E-state index contributed by atoms with van der Waals surface area (Å²) in [4.78, 5) is 0. The Morgan fingerprint density at radius 2 is 0.902 bits per heavy atom. The molecule has 0 saturated heterocycles. The van der Waals surface area contributed by atoms with Crippen LogP contribution in [0, 0.1) is 11.3 Å². The van der Waals surface area contributed by atoms with Crippen molar-refractivity contribution >= 4 is 21.8 Å². The zero-order valence-electron chi connectivity index (χ0n) is 27.1. The molecule has 10 rings (SSSR count). The molecule has 2 aliphatic rings. The third-order valence-corrected chi connectivity index (χ3v) is 10.8. The van der Waals surface area contributed by atoms with Crippen molar-refractivity contribution < 1.29 is 13.2 Å². The summed E-state index contributed by atoms with van der Waals surface area (Å²) in [6, 6.07) is 52.0. The average Bonchev–Trinajstić information content (AvgIpc) is 3.79. The van der Waals surface area contributed by atoms with E-state index in [9.17, 15) is 18.4 Å². The smallest absolute Gasteiger partial charge is 0.309 e. The Balaban J connectivity index is 1.26. The molecule has 1 heterocycles. The van der Waals surface area contributed by atoms with Gasteiger partial charge in [-0.3, -0.25) is 0 Å². The minimum atomic E-state index is -4.67. The maximum Gasteiger partial charge on any atom is 0.418 e. The lowest BCUT2D eigenvalue weighted by molar-refractivity contribution is -0.137. The molecule has 0 fully saturated rings. The molecule has 0 amide bonds. The molecule has 0 saturated carbocycles. The van der Waals surface area contributed by atoms with E-state index in [-0.39, 0.29) is 23.1 Å². The molecular formula is C46H27F3N2. The molecular weight excluding hydrogens is 638 g/mol. The molecule has 5 heteroatoms. The summed E-state index contributed by atoms with van der Waals surface area (Å²) in [7, 11) is 0. The van der Waals surface area contributed by atoms with Gasteiger partial charge in [-0.1, -0.05) is 109 Å². The third-order valence-electron chi connectivity index (χ3n) is 10.8. The van der Waals surface area contributed by atoms with Crippen LogP contribution in [0.3, 0.4) is 0 Å². The number of hydrogen-bond donors (Lipinski definition) is 0. The molecule has 2 aliphatic carbocycles. The fraction of sp³-hybridized carbons (Fsp3) is 0.0652. The Morgan fingerprint density at radius 3 is 1.29 bits per heavy atom. The molecule has 242 valence electrons. The van der Waals surface area contributed by atoms with E-state index in [1.54, 1.807) is 4.57 Å². The summed E-state index contributed by atoms with van der Waals surface area (Å²) in [5.74, 6) is -0.0322. The van der Waals surface area contributed by atoms with Crippen LogP contribution in [0.15, 0.2) is 152 Å². The number of rotatable bonds is 3. The van der Waals surface area contributed by atoms with E-state index in [1.807, 2.05) is 18.2 Å². The Kier molecular flexibility index (Phi) is 6.26. The lowest BCUT2D eigenvalue weighted by Crippen LogP contribution is -2.11. The normalized spacial score (nSPS) is 13.6. The van der Waals surface area contributed by atoms with Crippen molar-refractivity contribution in [2.24, 2.45) is 0 Å². The van der Waals surface area contributed by atoms with E-state index in [1.165, 1.54) is 56.6 Å². The first-order chi connectivity index (χ1) is 24.9. The molecule has 0 atom stereocenters. The molecule has 51 heavy (non-hydrogen) atoms. The molecule has 0 aliphatic heterocycles. The minimum Gasteiger partial charge on any atom is -0.309 e. The number of fused-ring (bicyclic) bond motifs is 9. The Hall–Kier alpha value is -6.38. The summed E-state index contributed by atoms with van der Waals surface area (Å²) in [6.45, 7) is 0. The minimum absolute atomic E-state index is 0.00452. The first-order valence-corrected chi connectivity index (χ1v) is 17.0. The molecule has 0 bridgehead atoms. The zero-order chi connectivity index (χ0) is 34.4. The Morgan fingerprint density at radius 1 is 0.490 bits per heavy atom. The van der Waals surface area contributed by atoms with Gasteiger partial charge in [-0.15, -0.1) is 0 Å². The van der Waals surface area contributed by atoms with Gasteiger partial charge in [0.05, 0.1) is 33.9 Å². The van der Waals surface area contributed by atoms with Gasteiger partial charge in [-0.25, -0.2) is 0 Å². The molecule has 8 aromatic rings. The highest BCUT2D eigenvalue weighted by atomic mass is 19.4. The van der Waals surface area contributed by atoms with Crippen LogP contribution in [0.2, 0.25) is 0 Å². The van der Waals surface area contributed by atoms with Crippen molar-refractivity contribution in [3.63, 3.8) is 0 Å². The molecule has 0 N–H and O–H groups in total. The first kappa shape index (κ1) is 29.5. The summed E-state index contributed by atoms with van der Waals surface area (Å²) in [6.07, 6.45) is -4.67. The standard InChI is InChI=1S/C46H27F3N2/c47-46(48,49)40-23-27(26-50)17-20-43(40)51-41-21-18-28(44-34-13-5-1-9-30(34)31-10-2-6-14-35(31)44)24-38(41)39-25-29(19-22-42(39)51)45-36-15-7-3-11-32(36)33-12-4-8-16-37(33)45/h1-25,44-45H. The molecule has 1 aromatic heterocycles. The van der Waals surface area contributed by atoms with Gasteiger partial charge in [0, 0.05) is 22.6 Å². The maximum absolute atomic E-state index is 14.7. The number of nitrogens with zero attached hydrogens (tertiary/aromatic N) is 2. The predicted molar refractivity (Wildman–Crippen MR) is 196 cm³/mol. The zero-order valence-corrected chi connectivity index (χ0v) is 27.1. The van der Waals surface area contributed by atoms with Gasteiger partial charge in [0.15, 0.2) is 0 Å². The van der Waals surface area contributed by atoms with Crippen LogP contribution in [0.1, 0.15) is 56.3 Å². The number of nitriles is 1. The van der Waals surface area contributed by atoms with Gasteiger partial charge in [-0.05, 0) is 98.1 Å². The Labute approximate surface area is 292 Å². The van der Waals surface area contributed by atoms with E-state index < -0.39 is 11.7 Å². The van der Waals surface area contributed by atoms with Crippen LogP contribution in [-0.4, -0.2) is 4.57 Å². The number of aromatic nitrogens is 1. The van der Waals surface area contributed by atoms with Crippen molar-refractivity contribution in [2.45, 2.75) is 18.0 Å². The van der Waals surface area contributed by atoms with Crippen LogP contribution in [-0.2, 0) is 6.18 Å². The van der Waals surface area contributed by atoms with E-state index in [0.717, 1.165) is 28.0 Å². The summed E-state index contributed by atoms with van der Waals surface area (Å²) in [5, 5.41) is 11.3. The van der Waals surface area contributed by atoms with E-state index in [4.69, 9.17) is 0 Å². The fourth-order valence-electron chi connectivity index (χ4n) is 8.73. The van der Waals surface area contributed by atoms with Gasteiger partial charge < -0.3 is 4.57 Å². The SMILES string of the molecule is N#Cc1ccc(-n2c3ccc(C4c5ccccc5-c5ccccc54)cc3c3cc(C4c5ccccc5-c5ccccc54)ccc32)c(C(F)(F)F)c1. The molecule has 0 unspecified atom stereocenters. The number of benzene rings is 7. The highest BCUT2D eigenvalue weighted by Gasteiger charge is 2.36. The van der Waals surface area contributed by atoms with Gasteiger partial charge >= 0.3 is 6.18 Å². The molecule has 2 nitrogen and oxygen atoms in total. The van der Waals surface area contributed by atoms with Crippen molar-refractivity contribution in [1.29, 1.82) is 5.26 Å². The highest BCUT2D eigenvalue weighted by Crippen LogP contribution is 2.51. The van der Waals surface area contributed by atoms with Crippen molar-refractivity contribution in [1.82, 2.24) is 4.57 Å². The van der Waals surface area contributed by atoms with Crippen LogP contribution >= 0.6 is 0 Å². The van der Waals surface area contributed by atoms with Gasteiger partial charge in [0.25, 0.3) is 0 Å². The second-order valence-electron chi connectivity index (χ2n) is 13.4. The Bertz CT molecular complexity index is 2540. The predicted octanol–water partition coefficient (Wildman–Crippen LogP) is 12.0. The lowest BCUT2D eigenvalue weighted by Gasteiger charge is -2.17. The van der Waals surface area contributed by atoms with Crippen molar-refractivity contribution in [2.75, 3.05) is 0 Å².